The zero-order valence-electron chi connectivity index (χ0n) is 6.21. The van der Waals surface area contributed by atoms with Crippen molar-refractivity contribution in [3.63, 3.8) is 0 Å². The zero-order valence-corrected chi connectivity index (χ0v) is 6.21. The van der Waals surface area contributed by atoms with Crippen LogP contribution in [-0.2, 0) is 0 Å². The molecule has 0 aliphatic rings. The minimum atomic E-state index is 0.124. The van der Waals surface area contributed by atoms with Crippen LogP contribution in [0.3, 0.4) is 0 Å². The Morgan fingerprint density at radius 2 is 2.10 bits per heavy atom. The van der Waals surface area contributed by atoms with Crippen molar-refractivity contribution in [1.82, 2.24) is 0 Å². The van der Waals surface area contributed by atoms with Crippen molar-refractivity contribution in [2.24, 2.45) is 11.5 Å². The van der Waals surface area contributed by atoms with Crippen LogP contribution in [0.4, 0.5) is 0 Å². The van der Waals surface area contributed by atoms with E-state index in [1.165, 1.54) is 0 Å². The van der Waals surface area contributed by atoms with Gasteiger partial charge in [0.15, 0.2) is 0 Å². The summed E-state index contributed by atoms with van der Waals surface area (Å²) in [6.45, 7) is 0.548. The third-order valence-electron chi connectivity index (χ3n) is 1.42. The fraction of sp³-hybridized carbons (Fsp3) is 0.857. The topological polar surface area (TPSA) is 75.8 Å². The summed E-state index contributed by atoms with van der Waals surface area (Å²) in [4.78, 5) is 0. The molecular weight excluding hydrogens is 126 g/mol. The monoisotopic (exact) mass is 141 g/mol. The smallest absolute Gasteiger partial charge is 0.0621 e. The van der Waals surface area contributed by atoms with Gasteiger partial charge in [0.2, 0.25) is 0 Å². The maximum atomic E-state index is 8.18. The van der Waals surface area contributed by atoms with Crippen LogP contribution in [0.25, 0.3) is 0 Å². The van der Waals surface area contributed by atoms with Crippen molar-refractivity contribution in [3.8, 4) is 6.07 Å². The van der Waals surface area contributed by atoms with E-state index in [9.17, 15) is 0 Å². The maximum Gasteiger partial charge on any atom is 0.0621 e. The minimum absolute atomic E-state index is 0.124. The largest absolute Gasteiger partial charge is 0.329 e. The van der Waals surface area contributed by atoms with E-state index in [1.807, 2.05) is 0 Å². The van der Waals surface area contributed by atoms with Crippen LogP contribution in [0.15, 0.2) is 0 Å². The molecule has 0 aliphatic heterocycles. The summed E-state index contributed by atoms with van der Waals surface area (Å²) in [5, 5.41) is 8.18. The zero-order chi connectivity index (χ0) is 7.82. The van der Waals surface area contributed by atoms with Crippen LogP contribution < -0.4 is 11.5 Å². The second-order valence-electron chi connectivity index (χ2n) is 2.40. The minimum Gasteiger partial charge on any atom is -0.329 e. The highest BCUT2D eigenvalue weighted by molar-refractivity contribution is 4.69. The van der Waals surface area contributed by atoms with E-state index in [-0.39, 0.29) is 6.04 Å². The standard InChI is InChI=1S/C7H15N3/c8-5-3-1-2-4-7(10)6-9/h7H,1-4,6,9-10H2. The van der Waals surface area contributed by atoms with E-state index >= 15 is 0 Å². The van der Waals surface area contributed by atoms with Crippen molar-refractivity contribution in [3.05, 3.63) is 0 Å². The number of hydrogen-bond donors (Lipinski definition) is 2. The normalized spacial score (nSPS) is 12.5. The summed E-state index contributed by atoms with van der Waals surface area (Å²) in [5.74, 6) is 0. The van der Waals surface area contributed by atoms with Gasteiger partial charge in [-0.15, -0.1) is 0 Å². The first-order valence-electron chi connectivity index (χ1n) is 3.64. The van der Waals surface area contributed by atoms with Gasteiger partial charge in [0, 0.05) is 19.0 Å². The van der Waals surface area contributed by atoms with Gasteiger partial charge in [-0.05, 0) is 12.8 Å². The van der Waals surface area contributed by atoms with Crippen LogP contribution in [0.1, 0.15) is 25.7 Å². The number of rotatable bonds is 5. The number of nitrogens with two attached hydrogens (primary N) is 2. The third-order valence-corrected chi connectivity index (χ3v) is 1.42. The first-order valence-corrected chi connectivity index (χ1v) is 3.64. The summed E-state index contributed by atoms with van der Waals surface area (Å²) in [6, 6.07) is 2.21. The van der Waals surface area contributed by atoms with Gasteiger partial charge in [-0.25, -0.2) is 0 Å². The first-order chi connectivity index (χ1) is 4.81. The Hall–Kier alpha value is -0.590. The lowest BCUT2D eigenvalue weighted by Crippen LogP contribution is -2.29. The lowest BCUT2D eigenvalue weighted by atomic mass is 10.1. The molecule has 0 spiro atoms. The predicted octanol–water partition coefficient (Wildman–Crippen LogP) is 0.356. The second kappa shape index (κ2) is 6.53. The molecule has 0 aromatic carbocycles. The predicted molar refractivity (Wildman–Crippen MR) is 41.1 cm³/mol. The van der Waals surface area contributed by atoms with E-state index in [0.717, 1.165) is 19.3 Å². The van der Waals surface area contributed by atoms with Crippen molar-refractivity contribution < 1.29 is 0 Å². The summed E-state index contributed by atoms with van der Waals surface area (Å²) in [6.07, 6.45) is 3.55. The molecule has 0 aromatic rings. The van der Waals surface area contributed by atoms with Crippen LogP contribution in [0.2, 0.25) is 0 Å². The number of unbranched alkanes of at least 4 members (excludes halogenated alkanes) is 2. The molecule has 3 heteroatoms. The molecule has 0 saturated heterocycles. The lowest BCUT2D eigenvalue weighted by molar-refractivity contribution is 0.575. The summed E-state index contributed by atoms with van der Waals surface area (Å²) < 4.78 is 0. The van der Waals surface area contributed by atoms with E-state index in [1.54, 1.807) is 0 Å². The van der Waals surface area contributed by atoms with Gasteiger partial charge >= 0.3 is 0 Å². The Kier molecular flexibility index (Phi) is 6.14. The molecule has 0 radical (unpaired) electrons. The summed E-state index contributed by atoms with van der Waals surface area (Å²) in [7, 11) is 0. The maximum absolute atomic E-state index is 8.18. The van der Waals surface area contributed by atoms with Gasteiger partial charge in [0.1, 0.15) is 0 Å². The molecule has 0 bridgehead atoms. The van der Waals surface area contributed by atoms with Crippen molar-refractivity contribution in [2.75, 3.05) is 6.54 Å². The molecule has 3 nitrogen and oxygen atoms in total. The molecular formula is C7H15N3. The molecule has 4 N–H and O–H groups in total. The van der Waals surface area contributed by atoms with Crippen LogP contribution >= 0.6 is 0 Å². The van der Waals surface area contributed by atoms with Crippen molar-refractivity contribution >= 4 is 0 Å². The fourth-order valence-corrected chi connectivity index (χ4v) is 0.728. The molecule has 10 heavy (non-hydrogen) atoms. The van der Waals surface area contributed by atoms with Gasteiger partial charge in [-0.1, -0.05) is 6.42 Å². The van der Waals surface area contributed by atoms with Gasteiger partial charge in [-0.3, -0.25) is 0 Å². The van der Waals surface area contributed by atoms with Gasteiger partial charge in [-0.2, -0.15) is 5.26 Å². The highest BCUT2D eigenvalue weighted by Crippen LogP contribution is 1.99. The molecule has 1 atom stereocenters. The molecule has 0 fully saturated rings. The van der Waals surface area contributed by atoms with E-state index in [0.29, 0.717) is 13.0 Å². The second-order valence-corrected chi connectivity index (χ2v) is 2.40. The summed E-state index contributed by atoms with van der Waals surface area (Å²) in [5.41, 5.74) is 10.8. The Morgan fingerprint density at radius 3 is 2.60 bits per heavy atom. The number of nitriles is 1. The SMILES string of the molecule is N#CCCCCC(N)CN. The van der Waals surface area contributed by atoms with E-state index in [4.69, 9.17) is 16.7 Å². The van der Waals surface area contributed by atoms with Crippen LogP contribution in [-0.4, -0.2) is 12.6 Å². The van der Waals surface area contributed by atoms with Crippen LogP contribution in [0, 0.1) is 11.3 Å². The average molecular weight is 141 g/mol. The number of nitrogens with zero attached hydrogens (tertiary/aromatic N) is 1. The summed E-state index contributed by atoms with van der Waals surface area (Å²) >= 11 is 0. The fourth-order valence-electron chi connectivity index (χ4n) is 0.728. The van der Waals surface area contributed by atoms with Gasteiger partial charge in [0.25, 0.3) is 0 Å². The number of hydrogen-bond acceptors (Lipinski definition) is 3. The van der Waals surface area contributed by atoms with Crippen LogP contribution in [0.5, 0.6) is 0 Å². The first kappa shape index (κ1) is 9.41. The quantitative estimate of drug-likeness (QED) is 0.542. The highest BCUT2D eigenvalue weighted by Gasteiger charge is 1.97. The molecule has 0 amide bonds. The Balaban J connectivity index is 2.98. The molecule has 58 valence electrons. The van der Waals surface area contributed by atoms with Gasteiger partial charge < -0.3 is 11.5 Å². The Bertz CT molecular complexity index is 106. The highest BCUT2D eigenvalue weighted by atomic mass is 14.7. The molecule has 0 heterocycles. The van der Waals surface area contributed by atoms with E-state index in [2.05, 4.69) is 6.07 Å². The van der Waals surface area contributed by atoms with Gasteiger partial charge in [0.05, 0.1) is 6.07 Å². The third kappa shape index (κ3) is 5.54. The molecule has 1 unspecified atom stereocenters. The molecule has 0 aromatic heterocycles. The molecule has 0 saturated carbocycles. The van der Waals surface area contributed by atoms with E-state index < -0.39 is 0 Å². The lowest BCUT2D eigenvalue weighted by Gasteiger charge is -2.05. The average Bonchev–Trinajstić information content (AvgIpc) is 1.98. The molecule has 0 rings (SSSR count). The molecule has 0 aliphatic carbocycles. The van der Waals surface area contributed by atoms with Crippen molar-refractivity contribution in [2.45, 2.75) is 31.7 Å². The Morgan fingerprint density at radius 1 is 1.40 bits per heavy atom. The van der Waals surface area contributed by atoms with Crippen molar-refractivity contribution in [1.29, 1.82) is 5.26 Å². The Labute approximate surface area is 62.0 Å².